The number of aliphatic hydroxyl groups excluding tert-OH is 1. The fraction of sp³-hybridized carbons (Fsp3) is 0.667. The minimum Gasteiger partial charge on any atom is -0.464 e. The van der Waals surface area contributed by atoms with Crippen LogP contribution in [0, 0.1) is 5.41 Å². The van der Waals surface area contributed by atoms with Crippen molar-refractivity contribution in [2.45, 2.75) is 30.9 Å². The molecule has 18 heavy (non-hydrogen) atoms. The highest BCUT2D eigenvalue weighted by atomic mass is 32.2. The molecule has 1 aromatic heterocycles. The molecule has 0 unspecified atom stereocenters. The first-order valence-electron chi connectivity index (χ1n) is 5.92. The Morgan fingerprint density at radius 3 is 2.72 bits per heavy atom. The zero-order valence-electron chi connectivity index (χ0n) is 9.99. The second-order valence-electron chi connectivity index (χ2n) is 4.70. The van der Waals surface area contributed by atoms with Gasteiger partial charge in [0.1, 0.15) is 11.5 Å². The molecule has 0 aromatic carbocycles. The smallest absolute Gasteiger partial charge is 0.284 e. The lowest BCUT2D eigenvalue weighted by molar-refractivity contribution is 0.206. The SMILES string of the molecule is OCC1(CNCc2ccc(CSC(F)F)o2)CC1. The third-order valence-electron chi connectivity index (χ3n) is 3.16. The van der Waals surface area contributed by atoms with Gasteiger partial charge in [-0.1, -0.05) is 11.8 Å². The van der Waals surface area contributed by atoms with E-state index >= 15 is 0 Å². The van der Waals surface area contributed by atoms with Crippen LogP contribution in [0.1, 0.15) is 24.4 Å². The molecule has 0 saturated heterocycles. The van der Waals surface area contributed by atoms with E-state index < -0.39 is 5.76 Å². The van der Waals surface area contributed by atoms with E-state index in [-0.39, 0.29) is 17.8 Å². The van der Waals surface area contributed by atoms with E-state index in [9.17, 15) is 8.78 Å². The van der Waals surface area contributed by atoms with Gasteiger partial charge >= 0.3 is 0 Å². The average molecular weight is 277 g/mol. The molecule has 1 aliphatic rings. The minimum atomic E-state index is -2.36. The predicted octanol–water partition coefficient (Wildman–Crippen LogP) is 2.60. The van der Waals surface area contributed by atoms with Crippen LogP contribution in [0.4, 0.5) is 8.78 Å². The number of furan rings is 1. The molecule has 1 saturated carbocycles. The van der Waals surface area contributed by atoms with Gasteiger partial charge in [0, 0.05) is 18.6 Å². The van der Waals surface area contributed by atoms with Crippen LogP contribution in [0.15, 0.2) is 16.5 Å². The van der Waals surface area contributed by atoms with Crippen molar-refractivity contribution < 1.29 is 18.3 Å². The molecule has 0 radical (unpaired) electrons. The molecule has 2 N–H and O–H groups in total. The Hall–Kier alpha value is -0.590. The Labute approximate surface area is 109 Å². The quantitative estimate of drug-likeness (QED) is 0.766. The first-order chi connectivity index (χ1) is 8.63. The van der Waals surface area contributed by atoms with Crippen molar-refractivity contribution in [1.82, 2.24) is 5.32 Å². The van der Waals surface area contributed by atoms with Crippen LogP contribution in [-0.4, -0.2) is 24.0 Å². The molecule has 1 aromatic rings. The topological polar surface area (TPSA) is 45.4 Å². The third-order valence-corrected chi connectivity index (χ3v) is 3.86. The molecule has 1 aliphatic carbocycles. The van der Waals surface area contributed by atoms with Gasteiger partial charge in [0.2, 0.25) is 0 Å². The van der Waals surface area contributed by atoms with E-state index in [1.165, 1.54) is 0 Å². The van der Waals surface area contributed by atoms with Gasteiger partial charge in [-0.05, 0) is 25.0 Å². The van der Waals surface area contributed by atoms with Gasteiger partial charge in [-0.15, -0.1) is 0 Å². The second-order valence-corrected chi connectivity index (χ2v) is 5.68. The molecule has 0 bridgehead atoms. The Bertz CT molecular complexity index is 380. The van der Waals surface area contributed by atoms with Crippen LogP contribution in [0.5, 0.6) is 0 Å². The van der Waals surface area contributed by atoms with E-state index in [1.807, 2.05) is 0 Å². The number of nitrogens with one attached hydrogen (secondary N) is 1. The summed E-state index contributed by atoms with van der Waals surface area (Å²) in [6.07, 6.45) is 2.12. The Morgan fingerprint density at radius 1 is 1.39 bits per heavy atom. The minimum absolute atomic E-state index is 0.0704. The first kappa shape index (κ1) is 13.8. The number of hydrogen-bond acceptors (Lipinski definition) is 4. The van der Waals surface area contributed by atoms with E-state index in [1.54, 1.807) is 12.1 Å². The maximum absolute atomic E-state index is 12.0. The summed E-state index contributed by atoms with van der Waals surface area (Å²) < 4.78 is 29.4. The highest BCUT2D eigenvalue weighted by Gasteiger charge is 2.41. The van der Waals surface area contributed by atoms with Crippen LogP contribution in [0.25, 0.3) is 0 Å². The Kier molecular flexibility index (Phi) is 4.64. The molecule has 0 amide bonds. The van der Waals surface area contributed by atoms with Crippen molar-refractivity contribution in [2.75, 3.05) is 13.2 Å². The molecule has 102 valence electrons. The summed E-state index contributed by atoms with van der Waals surface area (Å²) in [4.78, 5) is 0. The average Bonchev–Trinajstić information content (AvgIpc) is 2.98. The molecular formula is C12H17F2NO2S. The molecular weight excluding hydrogens is 260 g/mol. The second kappa shape index (κ2) is 6.04. The molecule has 6 heteroatoms. The lowest BCUT2D eigenvalue weighted by Crippen LogP contribution is -2.25. The summed E-state index contributed by atoms with van der Waals surface area (Å²) in [6, 6.07) is 3.53. The molecule has 1 heterocycles. The van der Waals surface area contributed by atoms with Gasteiger partial charge in [-0.2, -0.15) is 8.78 Å². The van der Waals surface area contributed by atoms with Gasteiger partial charge in [-0.25, -0.2) is 0 Å². The van der Waals surface area contributed by atoms with Gasteiger partial charge in [-0.3, -0.25) is 0 Å². The lowest BCUT2D eigenvalue weighted by atomic mass is 10.1. The van der Waals surface area contributed by atoms with Crippen molar-refractivity contribution in [2.24, 2.45) is 5.41 Å². The summed E-state index contributed by atoms with van der Waals surface area (Å²) in [7, 11) is 0. The molecule has 1 fully saturated rings. The van der Waals surface area contributed by atoms with E-state index in [2.05, 4.69) is 5.32 Å². The molecule has 0 aliphatic heterocycles. The van der Waals surface area contributed by atoms with E-state index in [0.29, 0.717) is 24.1 Å². The van der Waals surface area contributed by atoms with Crippen molar-refractivity contribution in [3.05, 3.63) is 23.7 Å². The van der Waals surface area contributed by atoms with Crippen molar-refractivity contribution in [3.63, 3.8) is 0 Å². The third kappa shape index (κ3) is 3.96. The van der Waals surface area contributed by atoms with Crippen LogP contribution >= 0.6 is 11.8 Å². The van der Waals surface area contributed by atoms with Crippen LogP contribution in [0.3, 0.4) is 0 Å². The molecule has 0 spiro atoms. The van der Waals surface area contributed by atoms with Gasteiger partial charge < -0.3 is 14.8 Å². The number of hydrogen-bond donors (Lipinski definition) is 2. The molecule has 2 rings (SSSR count). The summed E-state index contributed by atoms with van der Waals surface area (Å²) in [6.45, 7) is 1.56. The zero-order chi connectivity index (χ0) is 13.0. The summed E-state index contributed by atoms with van der Waals surface area (Å²) >= 11 is 0.559. The number of thioether (sulfide) groups is 1. The molecule has 0 atom stereocenters. The van der Waals surface area contributed by atoms with Crippen molar-refractivity contribution in [1.29, 1.82) is 0 Å². The van der Waals surface area contributed by atoms with Crippen LogP contribution in [-0.2, 0) is 12.3 Å². The number of aliphatic hydroxyl groups is 1. The summed E-state index contributed by atoms with van der Waals surface area (Å²) in [5.74, 6) is -0.858. The fourth-order valence-corrected chi connectivity index (χ4v) is 2.20. The largest absolute Gasteiger partial charge is 0.464 e. The van der Waals surface area contributed by atoms with Crippen LogP contribution < -0.4 is 5.32 Å². The van der Waals surface area contributed by atoms with E-state index in [4.69, 9.17) is 9.52 Å². The highest BCUT2D eigenvalue weighted by molar-refractivity contribution is 7.98. The first-order valence-corrected chi connectivity index (χ1v) is 6.97. The van der Waals surface area contributed by atoms with Gasteiger partial charge in [0.05, 0.1) is 12.3 Å². The summed E-state index contributed by atoms with van der Waals surface area (Å²) in [5.41, 5.74) is 0.0704. The maximum atomic E-state index is 12.0. The molecule has 3 nitrogen and oxygen atoms in total. The van der Waals surface area contributed by atoms with Gasteiger partial charge in [0.15, 0.2) is 0 Å². The number of alkyl halides is 2. The highest BCUT2D eigenvalue weighted by Crippen LogP contribution is 2.44. The normalized spacial score (nSPS) is 17.3. The zero-order valence-corrected chi connectivity index (χ0v) is 10.8. The standard InChI is InChI=1S/C12H17F2NO2S/c13-11(14)18-6-10-2-1-9(17-10)5-15-7-12(8-16)3-4-12/h1-2,11,15-16H,3-8H2. The van der Waals surface area contributed by atoms with Gasteiger partial charge in [0.25, 0.3) is 5.76 Å². The van der Waals surface area contributed by atoms with Crippen molar-refractivity contribution >= 4 is 11.8 Å². The number of halogens is 2. The maximum Gasteiger partial charge on any atom is 0.284 e. The lowest BCUT2D eigenvalue weighted by Gasteiger charge is -2.11. The summed E-state index contributed by atoms with van der Waals surface area (Å²) in [5, 5.41) is 12.4. The van der Waals surface area contributed by atoms with Crippen LogP contribution in [0.2, 0.25) is 0 Å². The monoisotopic (exact) mass is 277 g/mol. The fourth-order valence-electron chi connectivity index (χ4n) is 1.76. The Morgan fingerprint density at radius 2 is 2.11 bits per heavy atom. The Balaban J connectivity index is 1.70. The number of rotatable bonds is 8. The predicted molar refractivity (Wildman–Crippen MR) is 66.5 cm³/mol. The van der Waals surface area contributed by atoms with Crippen molar-refractivity contribution in [3.8, 4) is 0 Å². The van der Waals surface area contributed by atoms with E-state index in [0.717, 1.165) is 25.1 Å².